The summed E-state index contributed by atoms with van der Waals surface area (Å²) < 4.78 is 5.07. The number of amides is 2. The Balaban J connectivity index is 1.69. The highest BCUT2D eigenvalue weighted by Crippen LogP contribution is 2.20. The summed E-state index contributed by atoms with van der Waals surface area (Å²) in [5.74, 6) is 0.377. The molecule has 1 N–H and O–H groups in total. The van der Waals surface area contributed by atoms with Crippen LogP contribution in [0.4, 0.5) is 4.79 Å². The molecule has 24 heavy (non-hydrogen) atoms. The Morgan fingerprint density at radius 2 is 1.88 bits per heavy atom. The first kappa shape index (κ1) is 19.0. The zero-order valence-corrected chi connectivity index (χ0v) is 15.4. The van der Waals surface area contributed by atoms with Gasteiger partial charge in [0, 0.05) is 32.2 Å². The van der Waals surface area contributed by atoms with Crippen molar-refractivity contribution in [2.24, 2.45) is 11.8 Å². The van der Waals surface area contributed by atoms with Crippen LogP contribution in [0.25, 0.3) is 0 Å². The first-order valence-corrected chi connectivity index (χ1v) is 9.44. The number of urea groups is 1. The first-order chi connectivity index (χ1) is 11.5. The minimum absolute atomic E-state index is 0.0129. The lowest BCUT2D eigenvalue weighted by Gasteiger charge is -2.36. The van der Waals surface area contributed by atoms with E-state index in [1.807, 2.05) is 11.8 Å². The van der Waals surface area contributed by atoms with Crippen molar-refractivity contribution in [1.82, 2.24) is 15.1 Å². The summed E-state index contributed by atoms with van der Waals surface area (Å²) in [5, 5.41) is 3.09. The van der Waals surface area contributed by atoms with E-state index in [-0.39, 0.29) is 17.9 Å². The van der Waals surface area contributed by atoms with Gasteiger partial charge in [-0.25, -0.2) is 4.79 Å². The van der Waals surface area contributed by atoms with Crippen LogP contribution >= 0.6 is 0 Å². The second-order valence-corrected chi connectivity index (χ2v) is 7.30. The minimum atomic E-state index is -0.117. The van der Waals surface area contributed by atoms with Crippen molar-refractivity contribution in [3.8, 4) is 0 Å². The van der Waals surface area contributed by atoms with Crippen LogP contribution in [-0.4, -0.2) is 67.2 Å². The third kappa shape index (κ3) is 5.36. The Morgan fingerprint density at radius 3 is 2.50 bits per heavy atom. The summed E-state index contributed by atoms with van der Waals surface area (Å²) in [6, 6.07) is 0.587. The fourth-order valence-electron chi connectivity index (χ4n) is 3.65. The van der Waals surface area contributed by atoms with Crippen molar-refractivity contribution in [3.63, 3.8) is 0 Å². The number of carbonyl (C=O) groups excluding carboxylic acids is 2. The van der Waals surface area contributed by atoms with Crippen molar-refractivity contribution in [2.75, 3.05) is 39.3 Å². The second-order valence-electron chi connectivity index (χ2n) is 7.30. The van der Waals surface area contributed by atoms with E-state index >= 15 is 0 Å². The quantitative estimate of drug-likeness (QED) is 0.779. The van der Waals surface area contributed by atoms with E-state index in [9.17, 15) is 9.59 Å². The second kappa shape index (κ2) is 9.25. The van der Waals surface area contributed by atoms with Gasteiger partial charge in [-0.15, -0.1) is 0 Å². The lowest BCUT2D eigenvalue weighted by molar-refractivity contribution is -0.149. The Labute approximate surface area is 145 Å². The number of piperidine rings is 2. The molecule has 2 fully saturated rings. The van der Waals surface area contributed by atoms with E-state index in [1.165, 1.54) is 19.4 Å². The average molecular weight is 339 g/mol. The predicted octanol–water partition coefficient (Wildman–Crippen LogP) is 2.09. The number of nitrogens with zero attached hydrogens (tertiary/aromatic N) is 2. The molecule has 2 saturated heterocycles. The number of rotatable bonds is 5. The number of esters is 1. The zero-order chi connectivity index (χ0) is 17.5. The molecule has 2 amide bonds. The number of ether oxygens (including phenoxy) is 1. The van der Waals surface area contributed by atoms with E-state index in [4.69, 9.17) is 4.74 Å². The van der Waals surface area contributed by atoms with Crippen molar-refractivity contribution in [3.05, 3.63) is 0 Å². The fourth-order valence-corrected chi connectivity index (χ4v) is 3.65. The molecular weight excluding hydrogens is 306 g/mol. The molecule has 0 saturated carbocycles. The lowest BCUT2D eigenvalue weighted by atomic mass is 9.96. The van der Waals surface area contributed by atoms with E-state index in [2.05, 4.69) is 24.1 Å². The molecule has 138 valence electrons. The van der Waals surface area contributed by atoms with Crippen LogP contribution in [0.5, 0.6) is 0 Å². The molecule has 2 aliphatic rings. The average Bonchev–Trinajstić information content (AvgIpc) is 2.60. The summed E-state index contributed by atoms with van der Waals surface area (Å²) >= 11 is 0. The molecule has 2 heterocycles. The van der Waals surface area contributed by atoms with Crippen molar-refractivity contribution in [1.29, 1.82) is 0 Å². The molecule has 0 aromatic carbocycles. The Hall–Kier alpha value is -1.30. The number of hydrogen-bond acceptors (Lipinski definition) is 4. The highest BCUT2D eigenvalue weighted by Gasteiger charge is 2.29. The molecule has 0 aliphatic carbocycles. The van der Waals surface area contributed by atoms with Gasteiger partial charge in [0.25, 0.3) is 0 Å². The van der Waals surface area contributed by atoms with E-state index in [0.717, 1.165) is 13.1 Å². The van der Waals surface area contributed by atoms with Gasteiger partial charge in [-0.2, -0.15) is 0 Å². The summed E-state index contributed by atoms with van der Waals surface area (Å²) in [6.07, 6.45) is 3.81. The third-order valence-corrected chi connectivity index (χ3v) is 5.22. The topological polar surface area (TPSA) is 61.9 Å². The normalized spacial score (nSPS) is 23.3. The largest absolute Gasteiger partial charge is 0.466 e. The van der Waals surface area contributed by atoms with Crippen LogP contribution in [0.2, 0.25) is 0 Å². The molecule has 1 atom stereocenters. The first-order valence-electron chi connectivity index (χ1n) is 9.44. The Bertz CT molecular complexity index is 420. The van der Waals surface area contributed by atoms with Crippen LogP contribution < -0.4 is 5.32 Å². The molecule has 6 heteroatoms. The van der Waals surface area contributed by atoms with Gasteiger partial charge in [0.05, 0.1) is 12.5 Å². The van der Waals surface area contributed by atoms with E-state index < -0.39 is 0 Å². The maximum atomic E-state index is 12.3. The molecule has 2 rings (SSSR count). The molecule has 1 unspecified atom stereocenters. The SMILES string of the molecule is CCOC(=O)C1CCN(C(=O)NCC2CCCN(C(C)C)C2)CC1. The monoisotopic (exact) mass is 339 g/mol. The van der Waals surface area contributed by atoms with Gasteiger partial charge in [0.1, 0.15) is 0 Å². The maximum absolute atomic E-state index is 12.3. The van der Waals surface area contributed by atoms with Crippen LogP contribution in [0.15, 0.2) is 0 Å². The van der Waals surface area contributed by atoms with Crippen molar-refractivity contribution in [2.45, 2.75) is 52.5 Å². The van der Waals surface area contributed by atoms with Gasteiger partial charge in [-0.3, -0.25) is 4.79 Å². The Morgan fingerprint density at radius 1 is 1.17 bits per heavy atom. The van der Waals surface area contributed by atoms with Gasteiger partial charge in [-0.05, 0) is 58.9 Å². The van der Waals surface area contributed by atoms with Gasteiger partial charge in [0.15, 0.2) is 0 Å². The zero-order valence-electron chi connectivity index (χ0n) is 15.4. The molecule has 0 radical (unpaired) electrons. The summed E-state index contributed by atoms with van der Waals surface area (Å²) in [4.78, 5) is 28.4. The van der Waals surface area contributed by atoms with Crippen molar-refractivity contribution < 1.29 is 14.3 Å². The molecular formula is C18H33N3O3. The maximum Gasteiger partial charge on any atom is 0.317 e. The van der Waals surface area contributed by atoms with Crippen LogP contribution in [0.3, 0.4) is 0 Å². The fraction of sp³-hybridized carbons (Fsp3) is 0.889. The van der Waals surface area contributed by atoms with Crippen LogP contribution in [0.1, 0.15) is 46.5 Å². The van der Waals surface area contributed by atoms with Crippen LogP contribution in [0, 0.1) is 11.8 Å². The standard InChI is InChI=1S/C18H33N3O3/c1-4-24-17(22)16-7-10-20(11-8-16)18(23)19-12-15-6-5-9-21(13-15)14(2)3/h14-16H,4-13H2,1-3H3,(H,19,23). The molecule has 0 aromatic heterocycles. The van der Waals surface area contributed by atoms with Gasteiger partial charge >= 0.3 is 12.0 Å². The van der Waals surface area contributed by atoms with Gasteiger partial charge < -0.3 is 19.9 Å². The highest BCUT2D eigenvalue weighted by molar-refractivity contribution is 5.76. The number of carbonyl (C=O) groups is 2. The molecule has 0 spiro atoms. The van der Waals surface area contributed by atoms with Crippen LogP contribution in [-0.2, 0) is 9.53 Å². The number of hydrogen-bond donors (Lipinski definition) is 1. The number of likely N-dealkylation sites (tertiary alicyclic amines) is 2. The third-order valence-electron chi connectivity index (χ3n) is 5.22. The Kier molecular flexibility index (Phi) is 7.34. The summed E-state index contributed by atoms with van der Waals surface area (Å²) in [6.45, 7) is 11.0. The van der Waals surface area contributed by atoms with Gasteiger partial charge in [0.2, 0.25) is 0 Å². The van der Waals surface area contributed by atoms with E-state index in [1.54, 1.807) is 0 Å². The highest BCUT2D eigenvalue weighted by atomic mass is 16.5. The molecule has 0 bridgehead atoms. The summed E-state index contributed by atoms with van der Waals surface area (Å²) in [5.41, 5.74) is 0. The molecule has 6 nitrogen and oxygen atoms in total. The van der Waals surface area contributed by atoms with Gasteiger partial charge in [-0.1, -0.05) is 0 Å². The smallest absolute Gasteiger partial charge is 0.317 e. The summed E-state index contributed by atoms with van der Waals surface area (Å²) in [7, 11) is 0. The van der Waals surface area contributed by atoms with E-state index in [0.29, 0.717) is 44.5 Å². The molecule has 2 aliphatic heterocycles. The molecule has 0 aromatic rings. The number of nitrogens with one attached hydrogen (secondary N) is 1. The lowest BCUT2D eigenvalue weighted by Crippen LogP contribution is -2.48. The predicted molar refractivity (Wildman–Crippen MR) is 93.8 cm³/mol. The minimum Gasteiger partial charge on any atom is -0.466 e. The van der Waals surface area contributed by atoms with Crippen molar-refractivity contribution >= 4 is 12.0 Å².